The molecule has 0 radical (unpaired) electrons. The Hall–Kier alpha value is -2.25. The Morgan fingerprint density at radius 3 is 2.24 bits per heavy atom. The van der Waals surface area contributed by atoms with E-state index in [1.54, 1.807) is 36.4 Å². The van der Waals surface area contributed by atoms with Crippen LogP contribution in [-0.4, -0.2) is 45.4 Å². The number of nitrogens with zero attached hydrogens (tertiary/aromatic N) is 2. The molecule has 6 nitrogen and oxygen atoms in total. The molecule has 1 amide bonds. The van der Waals surface area contributed by atoms with Crippen LogP contribution in [0.25, 0.3) is 0 Å². The molecule has 156 valence electrons. The molecular weight excluding hydrogens is 410 g/mol. The summed E-state index contributed by atoms with van der Waals surface area (Å²) in [5, 5.41) is 0.448. The van der Waals surface area contributed by atoms with Crippen molar-refractivity contribution in [2.24, 2.45) is 5.92 Å². The summed E-state index contributed by atoms with van der Waals surface area (Å²) < 4.78 is 28.4. The van der Waals surface area contributed by atoms with Gasteiger partial charge in [0.25, 0.3) is 10.0 Å². The van der Waals surface area contributed by atoms with Crippen LogP contribution >= 0.6 is 11.6 Å². The summed E-state index contributed by atoms with van der Waals surface area (Å²) in [5.41, 5.74) is 2.17. The number of halogens is 1. The second-order valence-electron chi connectivity index (χ2n) is 7.55. The third-order valence-electron chi connectivity index (χ3n) is 4.96. The minimum Gasteiger partial charge on any atom is -0.366 e. The van der Waals surface area contributed by atoms with Gasteiger partial charge in [-0.1, -0.05) is 43.1 Å². The lowest BCUT2D eigenvalue weighted by molar-refractivity contribution is -0.134. The van der Waals surface area contributed by atoms with Gasteiger partial charge in [-0.2, -0.15) is 0 Å². The molecular formula is C21H26ClN3O3S. The number of aryl methyl sites for hydroxylation is 1. The summed E-state index contributed by atoms with van der Waals surface area (Å²) in [7, 11) is -3.74. The standard InChI is InChI=1S/C21H26ClN3O3S/c1-15(2)21(26)25-12-10-24(11-13-25)20-9-6-17(22)14-19(20)23-29(27,28)18-7-4-16(3)5-8-18/h4-9,14-15,23H,10-13H2,1-3H3. The van der Waals surface area contributed by atoms with Crippen LogP contribution in [0.2, 0.25) is 5.02 Å². The fourth-order valence-electron chi connectivity index (χ4n) is 3.32. The molecule has 2 aromatic rings. The molecule has 0 spiro atoms. The Bertz CT molecular complexity index is 983. The Kier molecular flexibility index (Phi) is 6.39. The maximum atomic E-state index is 12.8. The van der Waals surface area contributed by atoms with Crippen LogP contribution in [0.4, 0.5) is 11.4 Å². The number of hydrogen-bond acceptors (Lipinski definition) is 4. The number of carbonyl (C=O) groups excluding carboxylic acids is 1. The molecule has 0 bridgehead atoms. The van der Waals surface area contributed by atoms with E-state index in [0.29, 0.717) is 36.9 Å². The minimum absolute atomic E-state index is 0.0334. The van der Waals surface area contributed by atoms with Crippen LogP contribution in [0.1, 0.15) is 19.4 Å². The number of carbonyl (C=O) groups is 1. The number of amides is 1. The van der Waals surface area contributed by atoms with Crippen LogP contribution in [-0.2, 0) is 14.8 Å². The van der Waals surface area contributed by atoms with Crippen molar-refractivity contribution in [3.05, 3.63) is 53.1 Å². The van der Waals surface area contributed by atoms with Crippen molar-refractivity contribution < 1.29 is 13.2 Å². The first kappa shape index (κ1) is 21.5. The quantitative estimate of drug-likeness (QED) is 0.776. The van der Waals surface area contributed by atoms with Crippen LogP contribution in [0.15, 0.2) is 47.4 Å². The summed E-state index contributed by atoms with van der Waals surface area (Å²) in [6, 6.07) is 11.9. The molecule has 1 fully saturated rings. The second-order valence-corrected chi connectivity index (χ2v) is 9.67. The fourth-order valence-corrected chi connectivity index (χ4v) is 4.56. The van der Waals surface area contributed by atoms with E-state index in [9.17, 15) is 13.2 Å². The number of anilines is 2. The smallest absolute Gasteiger partial charge is 0.261 e. The highest BCUT2D eigenvalue weighted by Crippen LogP contribution is 2.32. The van der Waals surface area contributed by atoms with E-state index in [-0.39, 0.29) is 16.7 Å². The highest BCUT2D eigenvalue weighted by atomic mass is 35.5. The number of benzene rings is 2. The molecule has 0 aromatic heterocycles. The SMILES string of the molecule is Cc1ccc(S(=O)(=O)Nc2cc(Cl)ccc2N2CCN(C(=O)C(C)C)CC2)cc1. The number of piperazine rings is 1. The molecule has 1 aliphatic heterocycles. The summed E-state index contributed by atoms with van der Waals surface area (Å²) in [4.78, 5) is 16.3. The zero-order valence-electron chi connectivity index (χ0n) is 16.9. The lowest BCUT2D eigenvalue weighted by Gasteiger charge is -2.37. The predicted octanol–water partition coefficient (Wildman–Crippen LogP) is 3.75. The van der Waals surface area contributed by atoms with Gasteiger partial charge >= 0.3 is 0 Å². The summed E-state index contributed by atoms with van der Waals surface area (Å²) in [5.74, 6) is 0.106. The van der Waals surface area contributed by atoms with Gasteiger partial charge in [-0.25, -0.2) is 8.42 Å². The molecule has 1 aliphatic rings. The van der Waals surface area contributed by atoms with E-state index in [1.807, 2.05) is 31.7 Å². The summed E-state index contributed by atoms with van der Waals surface area (Å²) >= 11 is 6.14. The van der Waals surface area contributed by atoms with Gasteiger partial charge in [0.1, 0.15) is 0 Å². The predicted molar refractivity (Wildman–Crippen MR) is 117 cm³/mol. The molecule has 0 unspecified atom stereocenters. The zero-order valence-corrected chi connectivity index (χ0v) is 18.4. The second kappa shape index (κ2) is 8.63. The van der Waals surface area contributed by atoms with Crippen molar-refractivity contribution in [1.29, 1.82) is 0 Å². The Morgan fingerprint density at radius 1 is 1.03 bits per heavy atom. The first-order valence-corrected chi connectivity index (χ1v) is 11.5. The van der Waals surface area contributed by atoms with Gasteiger partial charge in [-0.3, -0.25) is 9.52 Å². The van der Waals surface area contributed by atoms with Crippen LogP contribution < -0.4 is 9.62 Å². The van der Waals surface area contributed by atoms with E-state index >= 15 is 0 Å². The van der Waals surface area contributed by atoms with Gasteiger partial charge in [0.15, 0.2) is 0 Å². The molecule has 2 aromatic carbocycles. The molecule has 0 atom stereocenters. The molecule has 8 heteroatoms. The van der Waals surface area contributed by atoms with Crippen molar-refractivity contribution in [2.75, 3.05) is 35.8 Å². The van der Waals surface area contributed by atoms with E-state index in [2.05, 4.69) is 9.62 Å². The van der Waals surface area contributed by atoms with Gasteiger partial charge in [-0.15, -0.1) is 0 Å². The summed E-state index contributed by atoms with van der Waals surface area (Å²) in [6.07, 6.45) is 0. The zero-order chi connectivity index (χ0) is 21.2. The van der Waals surface area contributed by atoms with Crippen molar-refractivity contribution in [2.45, 2.75) is 25.7 Å². The van der Waals surface area contributed by atoms with Gasteiger partial charge in [0, 0.05) is 37.1 Å². The van der Waals surface area contributed by atoms with Gasteiger partial charge in [0.2, 0.25) is 5.91 Å². The highest BCUT2D eigenvalue weighted by molar-refractivity contribution is 7.92. The normalized spacial score (nSPS) is 14.9. The van der Waals surface area contributed by atoms with Crippen molar-refractivity contribution in [1.82, 2.24) is 4.90 Å². The van der Waals surface area contributed by atoms with Gasteiger partial charge < -0.3 is 9.80 Å². The van der Waals surface area contributed by atoms with Crippen LogP contribution in [0, 0.1) is 12.8 Å². The molecule has 3 rings (SSSR count). The number of nitrogens with one attached hydrogen (secondary N) is 1. The molecule has 1 heterocycles. The number of hydrogen-bond donors (Lipinski definition) is 1. The van der Waals surface area contributed by atoms with Gasteiger partial charge in [-0.05, 0) is 37.3 Å². The minimum atomic E-state index is -3.74. The summed E-state index contributed by atoms with van der Waals surface area (Å²) in [6.45, 7) is 8.15. The lowest BCUT2D eigenvalue weighted by atomic mass is 10.1. The Morgan fingerprint density at radius 2 is 1.66 bits per heavy atom. The molecule has 1 saturated heterocycles. The van der Waals surface area contributed by atoms with Crippen LogP contribution in [0.3, 0.4) is 0 Å². The maximum Gasteiger partial charge on any atom is 0.261 e. The molecule has 0 saturated carbocycles. The van der Waals surface area contributed by atoms with Crippen LogP contribution in [0.5, 0.6) is 0 Å². The number of rotatable bonds is 5. The first-order chi connectivity index (χ1) is 13.7. The monoisotopic (exact) mass is 435 g/mol. The van der Waals surface area contributed by atoms with Gasteiger partial charge in [0.05, 0.1) is 16.3 Å². The number of sulfonamides is 1. The third-order valence-corrected chi connectivity index (χ3v) is 6.58. The molecule has 1 N–H and O–H groups in total. The van der Waals surface area contributed by atoms with E-state index < -0.39 is 10.0 Å². The maximum absolute atomic E-state index is 12.8. The fraction of sp³-hybridized carbons (Fsp3) is 0.381. The average molecular weight is 436 g/mol. The largest absolute Gasteiger partial charge is 0.366 e. The topological polar surface area (TPSA) is 69.7 Å². The lowest BCUT2D eigenvalue weighted by Crippen LogP contribution is -2.50. The Balaban J connectivity index is 1.82. The third kappa shape index (κ3) is 5.03. The highest BCUT2D eigenvalue weighted by Gasteiger charge is 2.25. The van der Waals surface area contributed by atoms with Crippen molar-refractivity contribution in [3.63, 3.8) is 0 Å². The van der Waals surface area contributed by atoms with Crippen molar-refractivity contribution >= 4 is 38.9 Å². The van der Waals surface area contributed by atoms with Crippen molar-refractivity contribution in [3.8, 4) is 0 Å². The Labute approximate surface area is 177 Å². The van der Waals surface area contributed by atoms with E-state index in [4.69, 9.17) is 11.6 Å². The van der Waals surface area contributed by atoms with E-state index in [1.165, 1.54) is 0 Å². The average Bonchev–Trinajstić information content (AvgIpc) is 2.68. The molecule has 29 heavy (non-hydrogen) atoms. The molecule has 0 aliphatic carbocycles. The first-order valence-electron chi connectivity index (χ1n) is 9.60. The van der Waals surface area contributed by atoms with E-state index in [0.717, 1.165) is 11.3 Å².